The lowest BCUT2D eigenvalue weighted by Gasteiger charge is -2.03. The predicted molar refractivity (Wildman–Crippen MR) is 72.6 cm³/mol. The number of rotatable bonds is 8. The fraction of sp³-hybridized carbons (Fsp3) is 0.818. The predicted octanol–water partition coefficient (Wildman–Crippen LogP) is 4.28. The third-order valence-corrected chi connectivity index (χ3v) is 3.44. The summed E-state index contributed by atoms with van der Waals surface area (Å²) in [5.41, 5.74) is 0. The van der Waals surface area contributed by atoms with Crippen LogP contribution < -0.4 is 0 Å². The van der Waals surface area contributed by atoms with Gasteiger partial charge in [-0.15, -0.1) is 0 Å². The summed E-state index contributed by atoms with van der Waals surface area (Å²) in [6.07, 6.45) is 3.74. The molecule has 0 aromatic heterocycles. The first-order valence-electron chi connectivity index (χ1n) is 5.79. The Hall–Kier alpha value is -0.360. The van der Waals surface area contributed by atoms with Crippen molar-refractivity contribution in [1.29, 1.82) is 0 Å². The fourth-order valence-electron chi connectivity index (χ4n) is 0.809. The summed E-state index contributed by atoms with van der Waals surface area (Å²) < 4.78 is 9.84. The maximum absolute atomic E-state index is 11.1. The molecule has 0 aliphatic rings. The van der Waals surface area contributed by atoms with Gasteiger partial charge >= 0.3 is 10.6 Å². The Balaban J connectivity index is 3.36. The number of thioether (sulfide) groups is 2. The first-order chi connectivity index (χ1) is 8.20. The molecule has 0 heterocycles. The lowest BCUT2D eigenvalue weighted by Crippen LogP contribution is -2.02. The first-order valence-corrected chi connectivity index (χ1v) is 7.76. The van der Waals surface area contributed by atoms with E-state index in [1.54, 1.807) is 0 Å². The standard InChI is InChI=1S/C11H20O4S2/c1-3-5-7-14-10(12)16-9-17-11(13)15-8-6-4-2/h3-9H2,1-2H3. The third-order valence-electron chi connectivity index (χ3n) is 1.79. The number of carbonyl (C=O) groups excluding carboxylic acids is 2. The van der Waals surface area contributed by atoms with Crippen molar-refractivity contribution in [3.8, 4) is 0 Å². The zero-order valence-corrected chi connectivity index (χ0v) is 12.0. The van der Waals surface area contributed by atoms with Crippen LogP contribution in [0.3, 0.4) is 0 Å². The molecule has 0 radical (unpaired) electrons. The van der Waals surface area contributed by atoms with Crippen LogP contribution in [-0.4, -0.2) is 28.9 Å². The zero-order chi connectivity index (χ0) is 12.9. The maximum atomic E-state index is 11.1. The summed E-state index contributed by atoms with van der Waals surface area (Å²) in [6, 6.07) is 0. The Morgan fingerprint density at radius 1 is 0.882 bits per heavy atom. The molecular formula is C11H20O4S2. The Morgan fingerprint density at radius 2 is 1.29 bits per heavy atom. The topological polar surface area (TPSA) is 52.6 Å². The molecule has 0 atom stereocenters. The fourth-order valence-corrected chi connectivity index (χ4v) is 2.15. The highest BCUT2D eigenvalue weighted by Gasteiger charge is 2.07. The second-order valence-electron chi connectivity index (χ2n) is 3.31. The SMILES string of the molecule is CCCCOC(=O)SCSC(=O)OCCCC. The average molecular weight is 280 g/mol. The van der Waals surface area contributed by atoms with Crippen molar-refractivity contribution in [3.63, 3.8) is 0 Å². The molecular weight excluding hydrogens is 260 g/mol. The Morgan fingerprint density at radius 3 is 1.65 bits per heavy atom. The highest BCUT2D eigenvalue weighted by atomic mass is 32.2. The lowest BCUT2D eigenvalue weighted by atomic mass is 10.4. The van der Waals surface area contributed by atoms with E-state index in [0.29, 0.717) is 18.3 Å². The molecule has 100 valence electrons. The molecule has 0 amide bonds. The van der Waals surface area contributed by atoms with Crippen molar-refractivity contribution < 1.29 is 19.1 Å². The van der Waals surface area contributed by atoms with Crippen molar-refractivity contribution in [3.05, 3.63) is 0 Å². The minimum absolute atomic E-state index is 0.327. The summed E-state index contributed by atoms with van der Waals surface area (Å²) in [5, 5.41) is -0.310. The average Bonchev–Trinajstić information content (AvgIpc) is 2.30. The van der Waals surface area contributed by atoms with Crippen LogP contribution in [0.5, 0.6) is 0 Å². The maximum Gasteiger partial charge on any atom is 0.368 e. The highest BCUT2D eigenvalue weighted by molar-refractivity contribution is 8.28. The van der Waals surface area contributed by atoms with Gasteiger partial charge in [-0.25, -0.2) is 9.59 Å². The van der Waals surface area contributed by atoms with Crippen LogP contribution in [-0.2, 0) is 9.47 Å². The molecule has 0 bridgehead atoms. The molecule has 0 aliphatic carbocycles. The molecule has 0 aromatic carbocycles. The summed E-state index contributed by atoms with van der Waals surface area (Å²) in [7, 11) is 0. The van der Waals surface area contributed by atoms with Crippen molar-refractivity contribution in [2.24, 2.45) is 0 Å². The van der Waals surface area contributed by atoms with Crippen molar-refractivity contribution in [2.75, 3.05) is 18.3 Å². The van der Waals surface area contributed by atoms with Gasteiger partial charge in [0, 0.05) is 0 Å². The van der Waals surface area contributed by atoms with Gasteiger partial charge in [-0.2, -0.15) is 0 Å². The van der Waals surface area contributed by atoms with E-state index in [0.717, 1.165) is 49.2 Å². The number of unbranched alkanes of at least 4 members (excludes halogenated alkanes) is 2. The van der Waals surface area contributed by atoms with Gasteiger partial charge in [-0.1, -0.05) is 26.7 Å². The molecule has 0 fully saturated rings. The Kier molecular flexibility index (Phi) is 11.8. The molecule has 0 saturated heterocycles. The number of hydrogen-bond donors (Lipinski definition) is 0. The number of ether oxygens (including phenoxy) is 2. The number of hydrogen-bond acceptors (Lipinski definition) is 6. The van der Waals surface area contributed by atoms with Gasteiger partial charge in [0.25, 0.3) is 0 Å². The van der Waals surface area contributed by atoms with Gasteiger partial charge in [-0.05, 0) is 36.4 Å². The molecule has 0 unspecified atom stereocenters. The van der Waals surface area contributed by atoms with Crippen LogP contribution in [0.4, 0.5) is 9.59 Å². The first kappa shape index (κ1) is 16.6. The lowest BCUT2D eigenvalue weighted by molar-refractivity contribution is 0.173. The van der Waals surface area contributed by atoms with E-state index in [-0.39, 0.29) is 10.6 Å². The smallest absolute Gasteiger partial charge is 0.368 e. The molecule has 6 heteroatoms. The Labute approximate surface area is 111 Å². The van der Waals surface area contributed by atoms with E-state index < -0.39 is 0 Å². The zero-order valence-electron chi connectivity index (χ0n) is 10.4. The van der Waals surface area contributed by atoms with Crippen LogP contribution in [0.25, 0.3) is 0 Å². The molecule has 0 saturated carbocycles. The van der Waals surface area contributed by atoms with E-state index >= 15 is 0 Å². The summed E-state index contributed by atoms with van der Waals surface area (Å²) in [4.78, 5) is 22.3. The summed E-state index contributed by atoms with van der Waals surface area (Å²) >= 11 is 1.99. The quantitative estimate of drug-likeness (QED) is 0.376. The molecule has 0 rings (SSSR count). The van der Waals surface area contributed by atoms with Gasteiger partial charge in [0.1, 0.15) is 0 Å². The van der Waals surface area contributed by atoms with Gasteiger partial charge in [0.05, 0.1) is 18.3 Å². The highest BCUT2D eigenvalue weighted by Crippen LogP contribution is 2.16. The van der Waals surface area contributed by atoms with Gasteiger partial charge < -0.3 is 9.47 Å². The van der Waals surface area contributed by atoms with Crippen LogP contribution in [0, 0.1) is 0 Å². The van der Waals surface area contributed by atoms with Crippen LogP contribution >= 0.6 is 23.5 Å². The molecule has 0 spiro atoms. The van der Waals surface area contributed by atoms with Crippen LogP contribution in [0.1, 0.15) is 39.5 Å². The van der Waals surface area contributed by atoms with Crippen molar-refractivity contribution >= 4 is 34.1 Å². The molecule has 0 N–H and O–H groups in total. The van der Waals surface area contributed by atoms with Crippen LogP contribution in [0.15, 0.2) is 0 Å². The molecule has 0 aromatic rings. The summed E-state index contributed by atoms with van der Waals surface area (Å²) in [5.74, 6) is 0. The second kappa shape index (κ2) is 12.1. The van der Waals surface area contributed by atoms with Crippen molar-refractivity contribution in [1.82, 2.24) is 0 Å². The minimum Gasteiger partial charge on any atom is -0.458 e. The van der Waals surface area contributed by atoms with Gasteiger partial charge in [0.2, 0.25) is 0 Å². The van der Waals surface area contributed by atoms with Crippen LogP contribution in [0.2, 0.25) is 0 Å². The normalized spacial score (nSPS) is 10.0. The molecule has 17 heavy (non-hydrogen) atoms. The van der Waals surface area contributed by atoms with Gasteiger partial charge in [0.15, 0.2) is 0 Å². The minimum atomic E-state index is -0.327. The molecule has 4 nitrogen and oxygen atoms in total. The number of carbonyl (C=O) groups is 2. The largest absolute Gasteiger partial charge is 0.458 e. The van der Waals surface area contributed by atoms with E-state index in [9.17, 15) is 9.59 Å². The Bertz CT molecular complexity index is 200. The van der Waals surface area contributed by atoms with E-state index in [4.69, 9.17) is 9.47 Å². The van der Waals surface area contributed by atoms with Crippen molar-refractivity contribution in [2.45, 2.75) is 39.5 Å². The van der Waals surface area contributed by atoms with E-state index in [2.05, 4.69) is 0 Å². The third kappa shape index (κ3) is 11.9. The van der Waals surface area contributed by atoms with E-state index in [1.165, 1.54) is 0 Å². The summed E-state index contributed by atoms with van der Waals surface area (Å²) in [6.45, 7) is 4.97. The van der Waals surface area contributed by atoms with E-state index in [1.807, 2.05) is 13.8 Å². The molecule has 0 aliphatic heterocycles. The monoisotopic (exact) mass is 280 g/mol. The van der Waals surface area contributed by atoms with Gasteiger partial charge in [-0.3, -0.25) is 0 Å². The second-order valence-corrected chi connectivity index (χ2v) is 5.50.